The zero-order valence-corrected chi connectivity index (χ0v) is 15.6. The fourth-order valence-electron chi connectivity index (χ4n) is 1.31. The van der Waals surface area contributed by atoms with Gasteiger partial charge >= 0.3 is 11.9 Å². The number of rotatable bonds is 6. The van der Waals surface area contributed by atoms with E-state index in [1.165, 1.54) is 28.1 Å². The van der Waals surface area contributed by atoms with Gasteiger partial charge < -0.3 is 20.1 Å². The Morgan fingerprint density at radius 2 is 1.38 bits per heavy atom. The first kappa shape index (κ1) is 26.5. The van der Waals surface area contributed by atoms with E-state index in [9.17, 15) is 19.2 Å². The maximum Gasteiger partial charge on any atom is 0.328 e. The Hall–Kier alpha value is -2.38. The molecule has 0 bridgehead atoms. The van der Waals surface area contributed by atoms with Crippen molar-refractivity contribution in [2.24, 2.45) is 0 Å². The Morgan fingerprint density at radius 1 is 0.958 bits per heavy atom. The average molecular weight is 346 g/mol. The van der Waals surface area contributed by atoms with Gasteiger partial charge in [0.1, 0.15) is 12.1 Å². The van der Waals surface area contributed by atoms with Gasteiger partial charge in [-0.2, -0.15) is 0 Å². The summed E-state index contributed by atoms with van der Waals surface area (Å²) in [5.41, 5.74) is 0. The molecule has 0 saturated carbocycles. The Morgan fingerprint density at radius 3 is 1.67 bits per heavy atom. The number of hydrogen-bond donors (Lipinski definition) is 2. The van der Waals surface area contributed by atoms with E-state index < -0.39 is 24.0 Å². The number of methoxy groups -OCH3 is 2. The van der Waals surface area contributed by atoms with Crippen molar-refractivity contribution in [3.8, 4) is 0 Å². The number of carbonyl (C=O) groups excluding carboxylic acids is 4. The van der Waals surface area contributed by atoms with Crippen molar-refractivity contribution in [2.75, 3.05) is 14.2 Å². The van der Waals surface area contributed by atoms with Gasteiger partial charge in [-0.3, -0.25) is 9.59 Å². The van der Waals surface area contributed by atoms with Gasteiger partial charge in [0.2, 0.25) is 11.8 Å². The predicted molar refractivity (Wildman–Crippen MR) is 91.1 cm³/mol. The van der Waals surface area contributed by atoms with E-state index in [1.807, 2.05) is 13.8 Å². The van der Waals surface area contributed by atoms with E-state index in [-0.39, 0.29) is 11.8 Å². The predicted octanol–water partition coefficient (Wildman–Crippen LogP) is 0.950. The maximum atomic E-state index is 11.0. The highest BCUT2D eigenvalue weighted by molar-refractivity contribution is 5.83. The Balaban J connectivity index is -0.000000337. The highest BCUT2D eigenvalue weighted by Crippen LogP contribution is 1.95. The highest BCUT2D eigenvalue weighted by Gasteiger charge is 2.17. The summed E-state index contributed by atoms with van der Waals surface area (Å²) < 4.78 is 8.82. The van der Waals surface area contributed by atoms with Gasteiger partial charge in [-0.1, -0.05) is 19.9 Å². The summed E-state index contributed by atoms with van der Waals surface area (Å²) in [6.45, 7) is 11.7. The molecule has 0 aliphatic carbocycles. The number of carbonyl (C=O) groups is 4. The highest BCUT2D eigenvalue weighted by atomic mass is 16.5. The minimum atomic E-state index is -0.606. The molecule has 0 radical (unpaired) electrons. The van der Waals surface area contributed by atoms with Gasteiger partial charge in [0.15, 0.2) is 0 Å². The van der Waals surface area contributed by atoms with Crippen LogP contribution in [0.2, 0.25) is 0 Å². The summed E-state index contributed by atoms with van der Waals surface area (Å²) in [5.74, 6) is -1.38. The first-order chi connectivity index (χ1) is 11.2. The quantitative estimate of drug-likeness (QED) is 0.547. The lowest BCUT2D eigenvalue weighted by atomic mass is 10.2. The SMILES string of the molecule is C=CC[C@H](NC(C)=O)C(=O)OC.CC.COC(=O)[C@H](C)NC(C)=O. The van der Waals surface area contributed by atoms with Crippen LogP contribution in [0.4, 0.5) is 0 Å². The Bertz CT molecular complexity index is 409. The first-order valence-electron chi connectivity index (χ1n) is 7.50. The maximum absolute atomic E-state index is 11.0. The van der Waals surface area contributed by atoms with Crippen LogP contribution in [-0.2, 0) is 28.7 Å². The molecule has 0 saturated heterocycles. The minimum Gasteiger partial charge on any atom is -0.467 e. The van der Waals surface area contributed by atoms with Crippen molar-refractivity contribution < 1.29 is 28.7 Å². The van der Waals surface area contributed by atoms with Crippen molar-refractivity contribution in [1.82, 2.24) is 10.6 Å². The molecule has 0 spiro atoms. The molecule has 0 fully saturated rings. The van der Waals surface area contributed by atoms with Crippen molar-refractivity contribution in [1.29, 1.82) is 0 Å². The number of ether oxygens (including phenoxy) is 2. The lowest BCUT2D eigenvalue weighted by Gasteiger charge is -2.12. The molecule has 2 atom stereocenters. The van der Waals surface area contributed by atoms with E-state index >= 15 is 0 Å². The molecule has 0 aromatic rings. The summed E-state index contributed by atoms with van der Waals surface area (Å²) >= 11 is 0. The van der Waals surface area contributed by atoms with Crippen molar-refractivity contribution in [3.05, 3.63) is 12.7 Å². The van der Waals surface area contributed by atoms with Crippen LogP contribution in [0.3, 0.4) is 0 Å². The standard InChI is InChI=1S/C8H13NO3.C6H11NO3.C2H6/c1-4-5-7(8(11)12-3)9-6(2)10;1-4(6(9)10-3)7-5(2)8;1-2/h4,7H,1,5H2,2-3H3,(H,9,10);4H,1-3H3,(H,7,8);1-2H3/t7-;4-;/m00./s1. The van der Waals surface area contributed by atoms with E-state index in [1.54, 1.807) is 13.0 Å². The summed E-state index contributed by atoms with van der Waals surface area (Å²) in [6.07, 6.45) is 1.93. The lowest BCUT2D eigenvalue weighted by Crippen LogP contribution is -2.39. The van der Waals surface area contributed by atoms with Gasteiger partial charge in [0.05, 0.1) is 14.2 Å². The summed E-state index contributed by atoms with van der Waals surface area (Å²) in [7, 11) is 2.56. The number of hydrogen-bond acceptors (Lipinski definition) is 6. The fraction of sp³-hybridized carbons (Fsp3) is 0.625. The fourth-order valence-corrected chi connectivity index (χ4v) is 1.31. The first-order valence-corrected chi connectivity index (χ1v) is 7.50. The Kier molecular flexibility index (Phi) is 18.8. The molecule has 0 aliphatic heterocycles. The lowest BCUT2D eigenvalue weighted by molar-refractivity contribution is -0.145. The molecule has 0 aromatic carbocycles. The number of amides is 2. The molecule has 24 heavy (non-hydrogen) atoms. The second-order valence-electron chi connectivity index (χ2n) is 4.25. The molecule has 8 heteroatoms. The van der Waals surface area contributed by atoms with Crippen LogP contribution in [0, 0.1) is 0 Å². The molecule has 0 heterocycles. The van der Waals surface area contributed by atoms with Crippen molar-refractivity contribution in [3.63, 3.8) is 0 Å². The van der Waals surface area contributed by atoms with Crippen LogP contribution < -0.4 is 10.6 Å². The molecule has 140 valence electrons. The molecular weight excluding hydrogens is 316 g/mol. The summed E-state index contributed by atoms with van der Waals surface area (Å²) in [5, 5.41) is 4.83. The molecular formula is C16H30N2O6. The zero-order valence-electron chi connectivity index (χ0n) is 15.6. The van der Waals surface area contributed by atoms with Crippen molar-refractivity contribution in [2.45, 2.75) is 53.1 Å². The average Bonchev–Trinajstić information content (AvgIpc) is 2.54. The van der Waals surface area contributed by atoms with Gasteiger partial charge in [-0.15, -0.1) is 6.58 Å². The minimum absolute atomic E-state index is 0.238. The van der Waals surface area contributed by atoms with Gasteiger partial charge in [-0.05, 0) is 13.3 Å². The monoisotopic (exact) mass is 346 g/mol. The third kappa shape index (κ3) is 16.0. The van der Waals surface area contributed by atoms with Gasteiger partial charge in [0, 0.05) is 13.8 Å². The van der Waals surface area contributed by atoms with E-state index in [2.05, 4.69) is 26.7 Å². The normalized spacial score (nSPS) is 11.0. The molecule has 0 aromatic heterocycles. The molecule has 2 amide bonds. The molecule has 2 N–H and O–H groups in total. The van der Waals surface area contributed by atoms with Crippen LogP contribution in [0.5, 0.6) is 0 Å². The van der Waals surface area contributed by atoms with E-state index in [4.69, 9.17) is 0 Å². The molecule has 8 nitrogen and oxygen atoms in total. The third-order valence-corrected chi connectivity index (χ3v) is 2.24. The largest absolute Gasteiger partial charge is 0.467 e. The second-order valence-corrected chi connectivity index (χ2v) is 4.25. The Labute approximate surface area is 144 Å². The number of esters is 2. The molecule has 0 aliphatic rings. The smallest absolute Gasteiger partial charge is 0.328 e. The zero-order chi connectivity index (χ0) is 19.7. The van der Waals surface area contributed by atoms with E-state index in [0.717, 1.165) is 0 Å². The topological polar surface area (TPSA) is 111 Å². The third-order valence-electron chi connectivity index (χ3n) is 2.24. The molecule has 0 unspecified atom stereocenters. The summed E-state index contributed by atoms with van der Waals surface area (Å²) in [4.78, 5) is 42.5. The van der Waals surface area contributed by atoms with Crippen LogP contribution >= 0.6 is 0 Å². The van der Waals surface area contributed by atoms with Crippen LogP contribution in [0.15, 0.2) is 12.7 Å². The van der Waals surface area contributed by atoms with Crippen LogP contribution in [0.25, 0.3) is 0 Å². The van der Waals surface area contributed by atoms with Crippen LogP contribution in [0.1, 0.15) is 41.0 Å². The molecule has 0 rings (SSSR count). The van der Waals surface area contributed by atoms with E-state index in [0.29, 0.717) is 6.42 Å². The van der Waals surface area contributed by atoms with Gasteiger partial charge in [-0.25, -0.2) is 9.59 Å². The number of nitrogens with one attached hydrogen (secondary N) is 2. The van der Waals surface area contributed by atoms with Gasteiger partial charge in [0.25, 0.3) is 0 Å². The van der Waals surface area contributed by atoms with Crippen LogP contribution in [-0.4, -0.2) is 50.1 Å². The van der Waals surface area contributed by atoms with Crippen molar-refractivity contribution >= 4 is 23.8 Å². The summed E-state index contributed by atoms with van der Waals surface area (Å²) in [6, 6.07) is -1.16. The second kappa shape index (κ2) is 17.0.